The molecule has 4 heteroatoms. The fourth-order valence-electron chi connectivity index (χ4n) is 2.17. The van der Waals surface area contributed by atoms with Crippen molar-refractivity contribution >= 4 is 11.0 Å². The summed E-state index contributed by atoms with van der Waals surface area (Å²) in [5.41, 5.74) is 1.48. The highest BCUT2D eigenvalue weighted by Gasteiger charge is 2.16. The summed E-state index contributed by atoms with van der Waals surface area (Å²) in [6.07, 6.45) is -1.01. The van der Waals surface area contributed by atoms with E-state index in [1.54, 1.807) is 19.1 Å². The van der Waals surface area contributed by atoms with Crippen molar-refractivity contribution in [1.82, 2.24) is 0 Å². The molecular weight excluding hydrogens is 262 g/mol. The second kappa shape index (κ2) is 4.72. The van der Waals surface area contributed by atoms with Gasteiger partial charge in [0.1, 0.15) is 29.1 Å². The second-order valence-electron chi connectivity index (χ2n) is 4.74. The van der Waals surface area contributed by atoms with Gasteiger partial charge in [-0.1, -0.05) is 12.1 Å². The number of furan rings is 1. The summed E-state index contributed by atoms with van der Waals surface area (Å²) in [5.74, 6) is -0.388. The van der Waals surface area contributed by atoms with Crippen LogP contribution in [0.1, 0.15) is 23.0 Å². The van der Waals surface area contributed by atoms with Gasteiger partial charge in [-0.25, -0.2) is 8.78 Å². The maximum atomic E-state index is 13.2. The van der Waals surface area contributed by atoms with Crippen molar-refractivity contribution in [3.8, 4) is 0 Å². The SMILES string of the molecule is Cc1cc(C(O)c2cc3cc(F)ccc3o2)ccc1F. The summed E-state index contributed by atoms with van der Waals surface area (Å²) in [5, 5.41) is 10.8. The third-order valence-corrected chi connectivity index (χ3v) is 3.26. The first-order valence-electron chi connectivity index (χ1n) is 6.18. The first kappa shape index (κ1) is 12.8. The van der Waals surface area contributed by atoms with Gasteiger partial charge in [0.05, 0.1) is 0 Å². The van der Waals surface area contributed by atoms with Crippen LogP contribution in [0.5, 0.6) is 0 Å². The van der Waals surface area contributed by atoms with E-state index in [9.17, 15) is 13.9 Å². The molecule has 0 aliphatic carbocycles. The lowest BCUT2D eigenvalue weighted by molar-refractivity contribution is 0.192. The minimum absolute atomic E-state index is 0.302. The Balaban J connectivity index is 2.02. The quantitative estimate of drug-likeness (QED) is 0.763. The molecule has 1 atom stereocenters. The molecule has 0 spiro atoms. The summed E-state index contributed by atoms with van der Waals surface area (Å²) >= 11 is 0. The predicted molar refractivity (Wildman–Crippen MR) is 71.4 cm³/mol. The van der Waals surface area contributed by atoms with Crippen molar-refractivity contribution in [1.29, 1.82) is 0 Å². The molecule has 0 aliphatic heterocycles. The van der Waals surface area contributed by atoms with Crippen molar-refractivity contribution in [2.45, 2.75) is 13.0 Å². The number of rotatable bonds is 2. The summed E-state index contributed by atoms with van der Waals surface area (Å²) in [7, 11) is 0. The third kappa shape index (κ3) is 2.18. The van der Waals surface area contributed by atoms with Crippen LogP contribution in [0.3, 0.4) is 0 Å². The second-order valence-corrected chi connectivity index (χ2v) is 4.74. The molecule has 1 aromatic heterocycles. The zero-order valence-electron chi connectivity index (χ0n) is 10.7. The third-order valence-electron chi connectivity index (χ3n) is 3.26. The average molecular weight is 274 g/mol. The fourth-order valence-corrected chi connectivity index (χ4v) is 2.17. The zero-order valence-corrected chi connectivity index (χ0v) is 10.7. The normalized spacial score (nSPS) is 12.8. The van der Waals surface area contributed by atoms with Gasteiger partial charge in [0, 0.05) is 5.39 Å². The number of hydrogen-bond donors (Lipinski definition) is 1. The maximum Gasteiger partial charge on any atom is 0.138 e. The monoisotopic (exact) mass is 274 g/mol. The van der Waals surface area contributed by atoms with E-state index in [-0.39, 0.29) is 11.6 Å². The Labute approximate surface area is 114 Å². The molecule has 2 aromatic carbocycles. The Morgan fingerprint density at radius 1 is 1.05 bits per heavy atom. The lowest BCUT2D eigenvalue weighted by Gasteiger charge is -2.09. The van der Waals surface area contributed by atoms with Crippen LogP contribution in [0, 0.1) is 18.6 Å². The highest BCUT2D eigenvalue weighted by molar-refractivity contribution is 5.78. The van der Waals surface area contributed by atoms with Crippen molar-refractivity contribution in [2.75, 3.05) is 0 Å². The number of hydrogen-bond acceptors (Lipinski definition) is 2. The van der Waals surface area contributed by atoms with Gasteiger partial charge in [0.2, 0.25) is 0 Å². The van der Waals surface area contributed by atoms with Gasteiger partial charge >= 0.3 is 0 Å². The van der Waals surface area contributed by atoms with Crippen LogP contribution in [0.15, 0.2) is 46.9 Å². The number of aliphatic hydroxyl groups is 1. The first-order valence-corrected chi connectivity index (χ1v) is 6.18. The van der Waals surface area contributed by atoms with Crippen LogP contribution in [0.2, 0.25) is 0 Å². The summed E-state index contributed by atoms with van der Waals surface area (Å²) in [6.45, 7) is 1.62. The molecule has 0 fully saturated rings. The molecule has 2 nitrogen and oxygen atoms in total. The van der Waals surface area contributed by atoms with E-state index in [4.69, 9.17) is 4.42 Å². The van der Waals surface area contributed by atoms with Crippen molar-refractivity contribution in [2.24, 2.45) is 0 Å². The van der Waals surface area contributed by atoms with E-state index in [0.717, 1.165) is 0 Å². The van der Waals surface area contributed by atoms with E-state index in [1.165, 1.54) is 30.3 Å². The lowest BCUT2D eigenvalue weighted by Crippen LogP contribution is -1.99. The van der Waals surface area contributed by atoms with Crippen LogP contribution in [-0.2, 0) is 0 Å². The predicted octanol–water partition coefficient (Wildman–Crippen LogP) is 4.10. The van der Waals surface area contributed by atoms with Gasteiger partial charge in [-0.05, 0) is 48.4 Å². The molecule has 1 N–H and O–H groups in total. The first-order chi connectivity index (χ1) is 9.54. The molecular formula is C16H12F2O2. The molecule has 3 aromatic rings. The molecule has 0 aliphatic rings. The average Bonchev–Trinajstić information content (AvgIpc) is 2.84. The molecule has 1 heterocycles. The van der Waals surface area contributed by atoms with Crippen LogP contribution in [-0.4, -0.2) is 5.11 Å². The van der Waals surface area contributed by atoms with Crippen LogP contribution < -0.4 is 0 Å². The Kier molecular flexibility index (Phi) is 3.03. The number of aliphatic hydroxyl groups excluding tert-OH is 1. The van der Waals surface area contributed by atoms with Crippen molar-refractivity contribution < 1.29 is 18.3 Å². The van der Waals surface area contributed by atoms with Gasteiger partial charge in [-0.2, -0.15) is 0 Å². The van der Waals surface area contributed by atoms with Gasteiger partial charge < -0.3 is 9.52 Å². The summed E-state index contributed by atoms with van der Waals surface area (Å²) in [6, 6.07) is 10.1. The molecule has 0 saturated carbocycles. The van der Waals surface area contributed by atoms with Crippen LogP contribution >= 0.6 is 0 Å². The highest BCUT2D eigenvalue weighted by atomic mass is 19.1. The molecule has 0 amide bonds. The molecule has 1 unspecified atom stereocenters. The van der Waals surface area contributed by atoms with E-state index in [2.05, 4.69) is 0 Å². The van der Waals surface area contributed by atoms with E-state index in [0.29, 0.717) is 27.9 Å². The number of fused-ring (bicyclic) bond motifs is 1. The number of aryl methyl sites for hydroxylation is 1. The number of halogens is 2. The molecule has 0 saturated heterocycles. The van der Waals surface area contributed by atoms with E-state index in [1.807, 2.05) is 0 Å². The van der Waals surface area contributed by atoms with Gasteiger partial charge in [-0.3, -0.25) is 0 Å². The Morgan fingerprint density at radius 2 is 1.85 bits per heavy atom. The maximum absolute atomic E-state index is 13.2. The van der Waals surface area contributed by atoms with Crippen molar-refractivity contribution in [3.63, 3.8) is 0 Å². The van der Waals surface area contributed by atoms with Gasteiger partial charge in [0.25, 0.3) is 0 Å². The van der Waals surface area contributed by atoms with Crippen LogP contribution in [0.25, 0.3) is 11.0 Å². The topological polar surface area (TPSA) is 33.4 Å². The minimum atomic E-state index is -1.01. The smallest absolute Gasteiger partial charge is 0.138 e. The van der Waals surface area contributed by atoms with E-state index < -0.39 is 6.10 Å². The molecule has 0 radical (unpaired) electrons. The highest BCUT2D eigenvalue weighted by Crippen LogP contribution is 2.29. The largest absolute Gasteiger partial charge is 0.458 e. The zero-order chi connectivity index (χ0) is 14.3. The van der Waals surface area contributed by atoms with E-state index >= 15 is 0 Å². The van der Waals surface area contributed by atoms with Gasteiger partial charge in [-0.15, -0.1) is 0 Å². The number of benzene rings is 2. The molecule has 3 rings (SSSR count). The molecule has 20 heavy (non-hydrogen) atoms. The molecule has 0 bridgehead atoms. The fraction of sp³-hybridized carbons (Fsp3) is 0.125. The summed E-state index contributed by atoms with van der Waals surface area (Å²) < 4.78 is 31.9. The Hall–Kier alpha value is -2.20. The van der Waals surface area contributed by atoms with Gasteiger partial charge in [0.15, 0.2) is 0 Å². The van der Waals surface area contributed by atoms with Crippen molar-refractivity contribution in [3.05, 3.63) is 71.0 Å². The Morgan fingerprint density at radius 3 is 2.60 bits per heavy atom. The minimum Gasteiger partial charge on any atom is -0.458 e. The molecule has 102 valence electrons. The lowest BCUT2D eigenvalue weighted by atomic mass is 10.0. The van der Waals surface area contributed by atoms with Crippen LogP contribution in [0.4, 0.5) is 8.78 Å². The Bertz CT molecular complexity index is 777. The summed E-state index contributed by atoms with van der Waals surface area (Å²) in [4.78, 5) is 0. The standard InChI is InChI=1S/C16H12F2O2/c1-9-6-10(2-4-13(9)18)16(19)15-8-11-7-12(17)3-5-14(11)20-15/h2-8,16,19H,1H3.